The number of aryl methyl sites for hydroxylation is 1. The van der Waals surface area contributed by atoms with Crippen LogP contribution in [0, 0.1) is 6.92 Å². The first-order chi connectivity index (χ1) is 17.3. The molecule has 3 heteroatoms. The third kappa shape index (κ3) is 3.99. The lowest BCUT2D eigenvalue weighted by molar-refractivity contribution is 0.992. The molecule has 0 spiro atoms. The molecule has 0 aliphatic carbocycles. The van der Waals surface area contributed by atoms with Crippen LogP contribution in [0.25, 0.3) is 45.0 Å². The van der Waals surface area contributed by atoms with Gasteiger partial charge in [0, 0.05) is 11.1 Å². The highest BCUT2D eigenvalue weighted by molar-refractivity contribution is 5.82. The highest BCUT2D eigenvalue weighted by Crippen LogP contribution is 2.32. The summed E-state index contributed by atoms with van der Waals surface area (Å²) in [6.07, 6.45) is 0. The van der Waals surface area contributed by atoms with E-state index in [1.165, 1.54) is 0 Å². The Balaban J connectivity index is 1.59. The SMILES string of the molecule is [2H]c1c([2H])c([2H])c(-c2ccc(-c3ccccc3-c3nc(C)nc(-c4ccccc4)n3)cc2)c([2H])c1[2H]. The highest BCUT2D eigenvalue weighted by atomic mass is 15.0. The van der Waals surface area contributed by atoms with E-state index < -0.39 is 6.04 Å². The summed E-state index contributed by atoms with van der Waals surface area (Å²) in [5, 5.41) is 0. The molecule has 0 bridgehead atoms. The van der Waals surface area contributed by atoms with E-state index in [4.69, 9.17) is 11.8 Å². The quantitative estimate of drug-likeness (QED) is 0.329. The lowest BCUT2D eigenvalue weighted by Gasteiger charge is -2.11. The first-order valence-electron chi connectivity index (χ1n) is 12.4. The molecule has 0 amide bonds. The molecule has 3 nitrogen and oxygen atoms in total. The Morgan fingerprint density at radius 1 is 0.516 bits per heavy atom. The monoisotopic (exact) mass is 404 g/mol. The molecule has 0 saturated heterocycles. The van der Waals surface area contributed by atoms with Gasteiger partial charge in [0.05, 0.1) is 6.85 Å². The molecule has 0 aliphatic heterocycles. The average molecular weight is 405 g/mol. The normalized spacial score (nSPS) is 13.0. The molecule has 1 heterocycles. The van der Waals surface area contributed by atoms with Crippen LogP contribution in [0.15, 0.2) is 109 Å². The number of rotatable bonds is 4. The van der Waals surface area contributed by atoms with Crippen LogP contribution in [0.2, 0.25) is 0 Å². The molecule has 4 aromatic carbocycles. The van der Waals surface area contributed by atoms with E-state index in [1.807, 2.05) is 73.7 Å². The second-order valence-corrected chi connectivity index (χ2v) is 7.02. The molecule has 5 rings (SSSR count). The van der Waals surface area contributed by atoms with E-state index in [0.29, 0.717) is 23.0 Å². The van der Waals surface area contributed by atoms with Crippen molar-refractivity contribution in [1.29, 1.82) is 0 Å². The van der Waals surface area contributed by atoms with Gasteiger partial charge in [-0.15, -0.1) is 0 Å². The van der Waals surface area contributed by atoms with Crippen LogP contribution in [0.5, 0.6) is 0 Å². The largest absolute Gasteiger partial charge is 0.213 e. The summed E-state index contributed by atoms with van der Waals surface area (Å²) in [7, 11) is 0. The first-order valence-corrected chi connectivity index (χ1v) is 9.90. The topological polar surface area (TPSA) is 38.7 Å². The molecule has 0 aliphatic rings. The second-order valence-electron chi connectivity index (χ2n) is 7.02. The molecular formula is C28H21N3. The van der Waals surface area contributed by atoms with E-state index in [1.54, 1.807) is 12.1 Å². The number of aromatic nitrogens is 3. The summed E-state index contributed by atoms with van der Waals surface area (Å²) in [5.74, 6) is 1.78. The van der Waals surface area contributed by atoms with Crippen molar-refractivity contribution in [3.8, 4) is 45.0 Å². The fraction of sp³-hybridized carbons (Fsp3) is 0.0357. The molecule has 0 radical (unpaired) electrons. The summed E-state index contributed by atoms with van der Waals surface area (Å²) in [5.41, 5.74) is 4.29. The third-order valence-electron chi connectivity index (χ3n) is 4.93. The minimum Gasteiger partial charge on any atom is -0.213 e. The van der Waals surface area contributed by atoms with Crippen molar-refractivity contribution in [2.75, 3.05) is 0 Å². The van der Waals surface area contributed by atoms with Crippen molar-refractivity contribution in [3.63, 3.8) is 0 Å². The fourth-order valence-corrected chi connectivity index (χ4v) is 3.46. The Bertz CT molecular complexity index is 1560. The molecule has 0 fully saturated rings. The number of benzene rings is 4. The maximum absolute atomic E-state index is 8.25. The van der Waals surface area contributed by atoms with E-state index >= 15 is 0 Å². The molecular weight excluding hydrogens is 378 g/mol. The fourth-order valence-electron chi connectivity index (χ4n) is 3.46. The van der Waals surface area contributed by atoms with Crippen molar-refractivity contribution < 1.29 is 6.85 Å². The van der Waals surface area contributed by atoms with Crippen LogP contribution in [-0.2, 0) is 0 Å². The summed E-state index contributed by atoms with van der Waals surface area (Å²) in [4.78, 5) is 13.9. The lowest BCUT2D eigenvalue weighted by atomic mass is 9.96. The molecule has 31 heavy (non-hydrogen) atoms. The third-order valence-corrected chi connectivity index (χ3v) is 4.93. The molecule has 0 N–H and O–H groups in total. The maximum atomic E-state index is 8.25. The number of hydrogen-bond acceptors (Lipinski definition) is 3. The zero-order chi connectivity index (χ0) is 25.4. The van der Waals surface area contributed by atoms with Gasteiger partial charge < -0.3 is 0 Å². The maximum Gasteiger partial charge on any atom is 0.164 e. The van der Waals surface area contributed by atoms with Crippen LogP contribution >= 0.6 is 0 Å². The average Bonchev–Trinajstić information content (AvgIpc) is 2.91. The lowest BCUT2D eigenvalue weighted by Crippen LogP contribution is -2.00. The van der Waals surface area contributed by atoms with E-state index in [0.717, 1.165) is 22.3 Å². The van der Waals surface area contributed by atoms with Crippen molar-refractivity contribution in [2.45, 2.75) is 6.92 Å². The van der Waals surface area contributed by atoms with Crippen LogP contribution in [-0.4, -0.2) is 15.0 Å². The number of hydrogen-bond donors (Lipinski definition) is 0. The van der Waals surface area contributed by atoms with Crippen LogP contribution in [0.4, 0.5) is 0 Å². The van der Waals surface area contributed by atoms with Crippen LogP contribution in [0.1, 0.15) is 12.7 Å². The zero-order valence-electron chi connectivity index (χ0n) is 21.8. The van der Waals surface area contributed by atoms with E-state index in [2.05, 4.69) is 9.97 Å². The summed E-state index contributed by atoms with van der Waals surface area (Å²) < 4.78 is 40.2. The van der Waals surface area contributed by atoms with E-state index in [9.17, 15) is 0 Å². The van der Waals surface area contributed by atoms with Crippen molar-refractivity contribution in [3.05, 3.63) is 115 Å². The molecule has 0 saturated carbocycles. The molecule has 148 valence electrons. The van der Waals surface area contributed by atoms with Gasteiger partial charge in [0.2, 0.25) is 0 Å². The number of nitrogens with zero attached hydrogens (tertiary/aromatic N) is 3. The van der Waals surface area contributed by atoms with Gasteiger partial charge >= 0.3 is 0 Å². The van der Waals surface area contributed by atoms with Gasteiger partial charge in [-0.05, 0) is 29.2 Å². The summed E-state index contributed by atoms with van der Waals surface area (Å²) >= 11 is 0. The Labute approximate surface area is 189 Å². The Morgan fingerprint density at radius 2 is 1.13 bits per heavy atom. The summed E-state index contributed by atoms with van der Waals surface area (Å²) in [6, 6.07) is 23.3. The minimum absolute atomic E-state index is 0.182. The summed E-state index contributed by atoms with van der Waals surface area (Å²) in [6.45, 7) is 1.84. The van der Waals surface area contributed by atoms with E-state index in [-0.39, 0.29) is 29.7 Å². The van der Waals surface area contributed by atoms with Gasteiger partial charge in [-0.3, -0.25) is 0 Å². The van der Waals surface area contributed by atoms with Gasteiger partial charge in [-0.25, -0.2) is 15.0 Å². The zero-order valence-corrected chi connectivity index (χ0v) is 16.8. The van der Waals surface area contributed by atoms with Gasteiger partial charge in [0.1, 0.15) is 5.82 Å². The Hall–Kier alpha value is -4.11. The van der Waals surface area contributed by atoms with Gasteiger partial charge in [-0.1, -0.05) is 109 Å². The predicted octanol–water partition coefficient (Wildman–Crippen LogP) is 6.85. The van der Waals surface area contributed by atoms with Crippen molar-refractivity contribution in [1.82, 2.24) is 15.0 Å². The smallest absolute Gasteiger partial charge is 0.164 e. The molecule has 5 aromatic rings. The highest BCUT2D eigenvalue weighted by Gasteiger charge is 2.13. The Kier molecular flexibility index (Phi) is 3.76. The first kappa shape index (κ1) is 14.0. The minimum atomic E-state index is -0.401. The standard InChI is InChI=1S/C28H21N3/c1-20-29-27(24-12-6-3-7-13-24)31-28(30-20)26-15-9-8-14-25(26)23-18-16-22(17-19-23)21-10-4-2-5-11-21/h2-19H,1H3/i2D,4D,5D,10D,11D. The van der Waals surface area contributed by atoms with Gasteiger partial charge in [0.25, 0.3) is 0 Å². The molecule has 0 atom stereocenters. The van der Waals surface area contributed by atoms with Crippen LogP contribution in [0.3, 0.4) is 0 Å². The van der Waals surface area contributed by atoms with Gasteiger partial charge in [-0.2, -0.15) is 0 Å². The van der Waals surface area contributed by atoms with Crippen molar-refractivity contribution >= 4 is 0 Å². The van der Waals surface area contributed by atoms with Crippen molar-refractivity contribution in [2.24, 2.45) is 0 Å². The van der Waals surface area contributed by atoms with Gasteiger partial charge in [0.15, 0.2) is 11.6 Å². The molecule has 1 aromatic heterocycles. The second kappa shape index (κ2) is 8.33. The Morgan fingerprint density at radius 3 is 1.87 bits per heavy atom. The predicted molar refractivity (Wildman–Crippen MR) is 126 cm³/mol. The van der Waals surface area contributed by atoms with Crippen LogP contribution < -0.4 is 0 Å². The molecule has 0 unspecified atom stereocenters.